The molecule has 0 aliphatic rings. The van der Waals surface area contributed by atoms with Gasteiger partial charge in [0, 0.05) is 5.56 Å². The highest BCUT2D eigenvalue weighted by Crippen LogP contribution is 2.22. The molecule has 0 saturated heterocycles. The van der Waals surface area contributed by atoms with Gasteiger partial charge in [-0.15, -0.1) is 0 Å². The van der Waals surface area contributed by atoms with E-state index in [1.807, 2.05) is 54.6 Å². The van der Waals surface area contributed by atoms with Crippen LogP contribution >= 0.6 is 23.2 Å². The first-order valence-electron chi connectivity index (χ1n) is 8.17. The largest absolute Gasteiger partial charge is 0.489 e. The molecule has 0 unspecified atom stereocenters. The van der Waals surface area contributed by atoms with Crippen molar-refractivity contribution < 1.29 is 9.53 Å². The van der Waals surface area contributed by atoms with Crippen LogP contribution in [0, 0.1) is 0 Å². The third-order valence-electron chi connectivity index (χ3n) is 3.67. The zero-order chi connectivity index (χ0) is 19.1. The van der Waals surface area contributed by atoms with Crippen LogP contribution < -0.4 is 10.2 Å². The van der Waals surface area contributed by atoms with Gasteiger partial charge < -0.3 is 4.74 Å². The first-order chi connectivity index (χ1) is 13.1. The Balaban J connectivity index is 1.58. The number of benzene rings is 3. The molecule has 3 aromatic rings. The molecule has 0 aliphatic carbocycles. The molecule has 0 spiro atoms. The van der Waals surface area contributed by atoms with Crippen molar-refractivity contribution in [3.8, 4) is 5.75 Å². The van der Waals surface area contributed by atoms with E-state index in [-0.39, 0.29) is 5.91 Å². The summed E-state index contributed by atoms with van der Waals surface area (Å²) >= 11 is 11.8. The average Bonchev–Trinajstić information content (AvgIpc) is 2.69. The molecule has 1 amide bonds. The molecule has 0 aliphatic heterocycles. The van der Waals surface area contributed by atoms with Gasteiger partial charge in [-0.1, -0.05) is 65.7 Å². The molecule has 136 valence electrons. The first-order valence-corrected chi connectivity index (χ1v) is 8.92. The van der Waals surface area contributed by atoms with E-state index < -0.39 is 0 Å². The molecule has 3 rings (SSSR count). The van der Waals surface area contributed by atoms with E-state index in [2.05, 4.69) is 10.5 Å². The van der Waals surface area contributed by atoms with Crippen molar-refractivity contribution in [2.45, 2.75) is 6.61 Å². The minimum atomic E-state index is -0.374. The number of nitrogens with one attached hydrogen (secondary N) is 1. The van der Waals surface area contributed by atoms with Gasteiger partial charge >= 0.3 is 0 Å². The van der Waals surface area contributed by atoms with Gasteiger partial charge in [-0.05, 0) is 41.5 Å². The third-order valence-corrected chi connectivity index (χ3v) is 4.41. The van der Waals surface area contributed by atoms with Crippen LogP contribution in [-0.2, 0) is 6.61 Å². The molecule has 0 radical (unpaired) electrons. The van der Waals surface area contributed by atoms with Gasteiger partial charge in [0.05, 0.1) is 16.3 Å². The Bertz CT molecular complexity index is 959. The molecule has 0 saturated carbocycles. The molecular formula is C21H16Cl2N2O2. The van der Waals surface area contributed by atoms with E-state index in [9.17, 15) is 4.79 Å². The number of nitrogens with zero attached hydrogens (tertiary/aromatic N) is 1. The summed E-state index contributed by atoms with van der Waals surface area (Å²) < 4.78 is 5.78. The lowest BCUT2D eigenvalue weighted by atomic mass is 10.2. The predicted octanol–water partition coefficient (Wildman–Crippen LogP) is 5.34. The monoisotopic (exact) mass is 398 g/mol. The highest BCUT2D eigenvalue weighted by molar-refractivity contribution is 6.42. The number of hydrogen-bond acceptors (Lipinski definition) is 3. The van der Waals surface area contributed by atoms with Crippen LogP contribution in [0.5, 0.6) is 5.75 Å². The van der Waals surface area contributed by atoms with Crippen LogP contribution in [0.4, 0.5) is 0 Å². The smallest absolute Gasteiger partial charge is 0.271 e. The Morgan fingerprint density at radius 3 is 2.56 bits per heavy atom. The fraction of sp³-hybridized carbons (Fsp3) is 0.0476. The zero-order valence-electron chi connectivity index (χ0n) is 14.2. The summed E-state index contributed by atoms with van der Waals surface area (Å²) in [5, 5.41) is 4.68. The molecule has 27 heavy (non-hydrogen) atoms. The molecule has 0 aromatic heterocycles. The minimum absolute atomic E-state index is 0.316. The zero-order valence-corrected chi connectivity index (χ0v) is 15.7. The van der Waals surface area contributed by atoms with Crippen LogP contribution in [0.25, 0.3) is 0 Å². The molecule has 0 heterocycles. The van der Waals surface area contributed by atoms with Crippen LogP contribution in [0.2, 0.25) is 10.0 Å². The molecule has 6 heteroatoms. The number of ether oxygens (including phenoxy) is 1. The molecule has 4 nitrogen and oxygen atoms in total. The highest BCUT2D eigenvalue weighted by Gasteiger charge is 2.06. The molecule has 1 N–H and O–H groups in total. The second-order valence-electron chi connectivity index (χ2n) is 5.67. The standard InChI is InChI=1S/C21H16Cl2N2O2/c22-19-10-9-17(12-20(19)23)21(26)25-24-13-16-7-4-8-18(11-16)27-14-15-5-2-1-3-6-15/h1-13H,14H2,(H,25,26). The molecule has 0 atom stereocenters. The summed E-state index contributed by atoms with van der Waals surface area (Å²) in [4.78, 5) is 12.1. The maximum Gasteiger partial charge on any atom is 0.271 e. The maximum atomic E-state index is 12.1. The van der Waals surface area contributed by atoms with E-state index in [0.717, 1.165) is 16.9 Å². The van der Waals surface area contributed by atoms with E-state index in [1.54, 1.807) is 18.3 Å². The van der Waals surface area contributed by atoms with Crippen LogP contribution in [0.1, 0.15) is 21.5 Å². The quantitative estimate of drug-likeness (QED) is 0.450. The van der Waals surface area contributed by atoms with E-state index in [4.69, 9.17) is 27.9 Å². The van der Waals surface area contributed by atoms with Crippen molar-refractivity contribution in [3.05, 3.63) is 99.5 Å². The molecule has 0 fully saturated rings. The van der Waals surface area contributed by atoms with Crippen molar-refractivity contribution in [2.75, 3.05) is 0 Å². The van der Waals surface area contributed by atoms with Crippen LogP contribution in [-0.4, -0.2) is 12.1 Å². The fourth-order valence-corrected chi connectivity index (χ4v) is 2.59. The van der Waals surface area contributed by atoms with Gasteiger partial charge in [-0.2, -0.15) is 5.10 Å². The Labute approximate surface area is 167 Å². The second-order valence-corrected chi connectivity index (χ2v) is 6.49. The van der Waals surface area contributed by atoms with Crippen molar-refractivity contribution in [2.24, 2.45) is 5.10 Å². The van der Waals surface area contributed by atoms with E-state index in [0.29, 0.717) is 22.2 Å². The number of amides is 1. The average molecular weight is 399 g/mol. The summed E-state index contributed by atoms with van der Waals surface area (Å²) in [5.74, 6) is 0.347. The van der Waals surface area contributed by atoms with Crippen molar-refractivity contribution in [3.63, 3.8) is 0 Å². The highest BCUT2D eigenvalue weighted by atomic mass is 35.5. The SMILES string of the molecule is O=C(NN=Cc1cccc(OCc2ccccc2)c1)c1ccc(Cl)c(Cl)c1. The lowest BCUT2D eigenvalue weighted by Crippen LogP contribution is -2.17. The number of carbonyl (C=O) groups excluding carboxylic acids is 1. The topological polar surface area (TPSA) is 50.7 Å². The Morgan fingerprint density at radius 1 is 0.963 bits per heavy atom. The molecule has 3 aromatic carbocycles. The van der Waals surface area contributed by atoms with E-state index >= 15 is 0 Å². The minimum Gasteiger partial charge on any atom is -0.489 e. The lowest BCUT2D eigenvalue weighted by molar-refractivity contribution is 0.0955. The van der Waals surface area contributed by atoms with Crippen molar-refractivity contribution in [1.82, 2.24) is 5.43 Å². The summed E-state index contributed by atoms with van der Waals surface area (Å²) in [6.07, 6.45) is 1.55. The number of hydrazone groups is 1. The van der Waals surface area contributed by atoms with Gasteiger partial charge in [-0.3, -0.25) is 4.79 Å². The first kappa shape index (κ1) is 19.0. The number of halogens is 2. The number of rotatable bonds is 6. The van der Waals surface area contributed by atoms with E-state index in [1.165, 1.54) is 6.07 Å². The predicted molar refractivity (Wildman–Crippen MR) is 109 cm³/mol. The molecular weight excluding hydrogens is 383 g/mol. The Morgan fingerprint density at radius 2 is 1.78 bits per heavy atom. The van der Waals surface area contributed by atoms with Crippen molar-refractivity contribution >= 4 is 35.3 Å². The summed E-state index contributed by atoms with van der Waals surface area (Å²) in [5.41, 5.74) is 4.73. The Kier molecular flexibility index (Phi) is 6.47. The van der Waals surface area contributed by atoms with Crippen molar-refractivity contribution in [1.29, 1.82) is 0 Å². The lowest BCUT2D eigenvalue weighted by Gasteiger charge is -2.06. The number of hydrogen-bond donors (Lipinski definition) is 1. The van der Waals surface area contributed by atoms with Gasteiger partial charge in [0.1, 0.15) is 12.4 Å². The maximum absolute atomic E-state index is 12.1. The van der Waals surface area contributed by atoms with Crippen LogP contribution in [0.3, 0.4) is 0 Å². The van der Waals surface area contributed by atoms with Gasteiger partial charge in [0.25, 0.3) is 5.91 Å². The number of carbonyl (C=O) groups is 1. The summed E-state index contributed by atoms with van der Waals surface area (Å²) in [6.45, 7) is 0.482. The molecule has 0 bridgehead atoms. The van der Waals surface area contributed by atoms with Gasteiger partial charge in [0.15, 0.2) is 0 Å². The fourth-order valence-electron chi connectivity index (χ4n) is 2.29. The summed E-state index contributed by atoms with van der Waals surface area (Å²) in [6, 6.07) is 22.0. The van der Waals surface area contributed by atoms with Gasteiger partial charge in [-0.25, -0.2) is 5.43 Å². The normalized spacial score (nSPS) is 10.7. The van der Waals surface area contributed by atoms with Gasteiger partial charge in [0.2, 0.25) is 0 Å². The Hall–Kier alpha value is -2.82. The van der Waals surface area contributed by atoms with Crippen LogP contribution in [0.15, 0.2) is 77.9 Å². The summed E-state index contributed by atoms with van der Waals surface area (Å²) in [7, 11) is 0. The third kappa shape index (κ3) is 5.58. The second kappa shape index (κ2) is 9.21.